The predicted octanol–water partition coefficient (Wildman–Crippen LogP) is 3.08. The summed E-state index contributed by atoms with van der Waals surface area (Å²) in [6, 6.07) is 10.3. The van der Waals surface area contributed by atoms with Gasteiger partial charge >= 0.3 is 0 Å². The molecule has 0 fully saturated rings. The molecule has 0 heterocycles. The fourth-order valence-corrected chi connectivity index (χ4v) is 1.15. The summed E-state index contributed by atoms with van der Waals surface area (Å²) in [4.78, 5) is 0. The maximum absolute atomic E-state index is 4.99. The quantitative estimate of drug-likeness (QED) is 0.620. The van der Waals surface area contributed by atoms with Gasteiger partial charge in [-0.3, -0.25) is 0 Å². The lowest BCUT2D eigenvalue weighted by molar-refractivity contribution is 0.339. The zero-order chi connectivity index (χ0) is 8.81. The van der Waals surface area contributed by atoms with Crippen LogP contribution in [0, 0.1) is 0 Å². The minimum Gasteiger partial charge on any atom is -0.504 e. The molecule has 64 valence electrons. The van der Waals surface area contributed by atoms with Crippen molar-refractivity contribution in [2.75, 3.05) is 7.11 Å². The molecule has 0 saturated heterocycles. The Morgan fingerprint density at radius 2 is 2.00 bits per heavy atom. The van der Waals surface area contributed by atoms with Crippen LogP contribution in [-0.2, 0) is 4.74 Å². The summed E-state index contributed by atoms with van der Waals surface area (Å²) in [5, 5.41) is 0. The highest BCUT2D eigenvalue weighted by Crippen LogP contribution is 2.16. The van der Waals surface area contributed by atoms with Gasteiger partial charge in [-0.25, -0.2) is 0 Å². The molecule has 1 rings (SSSR count). The van der Waals surface area contributed by atoms with E-state index in [1.54, 1.807) is 13.4 Å². The van der Waals surface area contributed by atoms with Gasteiger partial charge in [-0.05, 0) is 17.6 Å². The molecule has 0 atom stereocenters. The normalized spacial score (nSPS) is 11.3. The fourth-order valence-electron chi connectivity index (χ4n) is 1.15. The van der Waals surface area contributed by atoms with Crippen LogP contribution >= 0.6 is 0 Å². The molecule has 0 aromatic heterocycles. The molecule has 0 N–H and O–H groups in total. The first-order valence-corrected chi connectivity index (χ1v) is 4.15. The van der Waals surface area contributed by atoms with Crippen LogP contribution < -0.4 is 0 Å². The lowest BCUT2D eigenvalue weighted by Gasteiger charge is -2.03. The highest BCUT2D eigenvalue weighted by atomic mass is 16.5. The van der Waals surface area contributed by atoms with Gasteiger partial charge in [0.2, 0.25) is 0 Å². The van der Waals surface area contributed by atoms with Gasteiger partial charge in [0.1, 0.15) is 0 Å². The van der Waals surface area contributed by atoms with Gasteiger partial charge in [0, 0.05) is 0 Å². The van der Waals surface area contributed by atoms with E-state index in [4.69, 9.17) is 4.74 Å². The average Bonchev–Trinajstić information content (AvgIpc) is 2.15. The smallest absolute Gasteiger partial charge is 0.0862 e. The van der Waals surface area contributed by atoms with Crippen molar-refractivity contribution in [1.29, 1.82) is 0 Å². The van der Waals surface area contributed by atoms with Crippen LogP contribution in [0.2, 0.25) is 0 Å². The van der Waals surface area contributed by atoms with Crippen molar-refractivity contribution in [3.63, 3.8) is 0 Å². The van der Waals surface area contributed by atoms with E-state index in [1.165, 1.54) is 11.1 Å². The zero-order valence-corrected chi connectivity index (χ0v) is 7.58. The van der Waals surface area contributed by atoms with E-state index in [9.17, 15) is 0 Å². The van der Waals surface area contributed by atoms with Crippen LogP contribution in [0.15, 0.2) is 36.6 Å². The Morgan fingerprint density at radius 1 is 1.33 bits per heavy atom. The Hall–Kier alpha value is -1.24. The van der Waals surface area contributed by atoms with Gasteiger partial charge in [-0.15, -0.1) is 0 Å². The molecule has 0 aliphatic rings. The van der Waals surface area contributed by atoms with E-state index in [2.05, 4.69) is 19.1 Å². The van der Waals surface area contributed by atoms with Gasteiger partial charge in [0.05, 0.1) is 13.4 Å². The molecule has 0 aliphatic carbocycles. The van der Waals surface area contributed by atoms with Crippen LogP contribution in [-0.4, -0.2) is 7.11 Å². The third kappa shape index (κ3) is 2.12. The first-order valence-electron chi connectivity index (χ1n) is 4.15. The number of benzene rings is 1. The molecule has 12 heavy (non-hydrogen) atoms. The Balaban J connectivity index is 2.88. The SMILES string of the molecule is CC/C(=C\OC)c1ccccc1. The molecule has 1 aromatic rings. The van der Waals surface area contributed by atoms with Crippen LogP contribution in [0.1, 0.15) is 18.9 Å². The molecule has 0 saturated carbocycles. The van der Waals surface area contributed by atoms with Gasteiger partial charge < -0.3 is 4.74 Å². The third-order valence-corrected chi connectivity index (χ3v) is 1.79. The first kappa shape index (κ1) is 8.85. The Labute approximate surface area is 73.7 Å². The van der Waals surface area contributed by atoms with Crippen LogP contribution in [0.3, 0.4) is 0 Å². The number of methoxy groups -OCH3 is 1. The molecule has 0 unspecified atom stereocenters. The van der Waals surface area contributed by atoms with Gasteiger partial charge in [0.25, 0.3) is 0 Å². The zero-order valence-electron chi connectivity index (χ0n) is 7.58. The van der Waals surface area contributed by atoms with Crippen LogP contribution in [0.5, 0.6) is 0 Å². The van der Waals surface area contributed by atoms with Gasteiger partial charge in [-0.2, -0.15) is 0 Å². The Morgan fingerprint density at radius 3 is 2.50 bits per heavy atom. The summed E-state index contributed by atoms with van der Waals surface area (Å²) < 4.78 is 4.99. The minimum atomic E-state index is 0.998. The molecule has 0 bridgehead atoms. The predicted molar refractivity (Wildman–Crippen MR) is 51.7 cm³/mol. The van der Waals surface area contributed by atoms with E-state index in [1.807, 2.05) is 18.2 Å². The van der Waals surface area contributed by atoms with Crippen molar-refractivity contribution < 1.29 is 4.74 Å². The molecule has 0 radical (unpaired) electrons. The maximum Gasteiger partial charge on any atom is 0.0862 e. The van der Waals surface area contributed by atoms with Crippen LogP contribution in [0.4, 0.5) is 0 Å². The minimum absolute atomic E-state index is 0.998. The van der Waals surface area contributed by atoms with Crippen molar-refractivity contribution in [1.82, 2.24) is 0 Å². The summed E-state index contributed by atoms with van der Waals surface area (Å²) in [7, 11) is 1.68. The van der Waals surface area contributed by atoms with Crippen LogP contribution in [0.25, 0.3) is 5.57 Å². The number of hydrogen-bond donors (Lipinski definition) is 0. The number of hydrogen-bond acceptors (Lipinski definition) is 1. The molecule has 1 aromatic carbocycles. The second-order valence-corrected chi connectivity index (χ2v) is 2.60. The molecule has 0 spiro atoms. The van der Waals surface area contributed by atoms with Gasteiger partial charge in [0.15, 0.2) is 0 Å². The molecule has 0 aliphatic heterocycles. The van der Waals surface area contributed by atoms with Crippen molar-refractivity contribution in [3.8, 4) is 0 Å². The van der Waals surface area contributed by atoms with Crippen molar-refractivity contribution >= 4 is 5.57 Å². The number of allylic oxidation sites excluding steroid dienone is 1. The fraction of sp³-hybridized carbons (Fsp3) is 0.273. The third-order valence-electron chi connectivity index (χ3n) is 1.79. The standard InChI is InChI=1S/C11H14O/c1-3-10(9-12-2)11-7-5-4-6-8-11/h4-9H,3H2,1-2H3/b10-9+. The molecular weight excluding hydrogens is 148 g/mol. The molecular formula is C11H14O. The number of rotatable bonds is 3. The average molecular weight is 162 g/mol. The summed E-state index contributed by atoms with van der Waals surface area (Å²) in [6.45, 7) is 2.12. The second-order valence-electron chi connectivity index (χ2n) is 2.60. The summed E-state index contributed by atoms with van der Waals surface area (Å²) in [6.07, 6.45) is 2.80. The summed E-state index contributed by atoms with van der Waals surface area (Å²) >= 11 is 0. The lowest BCUT2D eigenvalue weighted by Crippen LogP contribution is -1.82. The van der Waals surface area contributed by atoms with Crippen molar-refractivity contribution in [3.05, 3.63) is 42.2 Å². The lowest BCUT2D eigenvalue weighted by atomic mass is 10.1. The van der Waals surface area contributed by atoms with E-state index in [0.717, 1.165) is 6.42 Å². The topological polar surface area (TPSA) is 9.23 Å². The maximum atomic E-state index is 4.99. The van der Waals surface area contributed by atoms with E-state index in [-0.39, 0.29) is 0 Å². The van der Waals surface area contributed by atoms with Gasteiger partial charge in [-0.1, -0.05) is 37.3 Å². The number of ether oxygens (including phenoxy) is 1. The molecule has 0 amide bonds. The van der Waals surface area contributed by atoms with Crippen molar-refractivity contribution in [2.45, 2.75) is 13.3 Å². The Kier molecular flexibility index (Phi) is 3.39. The second kappa shape index (κ2) is 4.60. The van der Waals surface area contributed by atoms with E-state index >= 15 is 0 Å². The molecule has 1 nitrogen and oxygen atoms in total. The monoisotopic (exact) mass is 162 g/mol. The highest BCUT2D eigenvalue weighted by Gasteiger charge is 1.96. The first-order chi connectivity index (χ1) is 5.88. The molecule has 1 heteroatoms. The highest BCUT2D eigenvalue weighted by molar-refractivity contribution is 5.64. The van der Waals surface area contributed by atoms with E-state index in [0.29, 0.717) is 0 Å². The summed E-state index contributed by atoms with van der Waals surface area (Å²) in [5.41, 5.74) is 2.47. The largest absolute Gasteiger partial charge is 0.504 e. The van der Waals surface area contributed by atoms with E-state index < -0.39 is 0 Å². The Bertz CT molecular complexity index is 249. The summed E-state index contributed by atoms with van der Waals surface area (Å²) in [5.74, 6) is 0. The van der Waals surface area contributed by atoms with Crippen molar-refractivity contribution in [2.24, 2.45) is 0 Å².